The van der Waals surface area contributed by atoms with Crippen LogP contribution >= 0.6 is 0 Å². The largest absolute Gasteiger partial charge is 0.481 e. The Hall–Kier alpha value is -0.570. The molecule has 0 saturated heterocycles. The fraction of sp³-hybridized carbons (Fsp3) is 0.909. The molecule has 3 nitrogen and oxygen atoms in total. The van der Waals surface area contributed by atoms with Gasteiger partial charge in [-0.3, -0.25) is 4.79 Å². The molecule has 0 spiro atoms. The lowest BCUT2D eigenvalue weighted by molar-refractivity contribution is -0.137. The van der Waals surface area contributed by atoms with Crippen LogP contribution in [-0.4, -0.2) is 17.1 Å². The zero-order chi connectivity index (χ0) is 10.6. The Morgan fingerprint density at radius 1 is 1.50 bits per heavy atom. The van der Waals surface area contributed by atoms with Crippen molar-refractivity contribution >= 4 is 5.97 Å². The monoisotopic (exact) mass is 199 g/mol. The number of aliphatic carboxylic acids is 1. The molecule has 3 N–H and O–H groups in total. The number of carboxylic acids is 1. The fourth-order valence-corrected chi connectivity index (χ4v) is 2.35. The van der Waals surface area contributed by atoms with Gasteiger partial charge in [-0.25, -0.2) is 0 Å². The lowest BCUT2D eigenvalue weighted by Crippen LogP contribution is -2.31. The molecule has 3 heteroatoms. The van der Waals surface area contributed by atoms with Gasteiger partial charge in [0.05, 0.1) is 6.42 Å². The predicted molar refractivity (Wildman–Crippen MR) is 56.0 cm³/mol. The summed E-state index contributed by atoms with van der Waals surface area (Å²) in [5.74, 6) is 0.356. The smallest absolute Gasteiger partial charge is 0.304 e. The molecular weight excluding hydrogens is 178 g/mol. The Morgan fingerprint density at radius 3 is 2.57 bits per heavy atom. The van der Waals surface area contributed by atoms with E-state index in [1.807, 2.05) is 0 Å². The lowest BCUT2D eigenvalue weighted by atomic mass is 9.88. The highest BCUT2D eigenvalue weighted by Crippen LogP contribution is 2.31. The maximum Gasteiger partial charge on any atom is 0.304 e. The first kappa shape index (κ1) is 11.5. The molecule has 0 aromatic rings. The van der Waals surface area contributed by atoms with Gasteiger partial charge in [-0.05, 0) is 18.3 Å². The zero-order valence-corrected chi connectivity index (χ0v) is 8.91. The Labute approximate surface area is 85.7 Å². The molecule has 1 fully saturated rings. The molecule has 1 aliphatic carbocycles. The molecule has 0 aromatic heterocycles. The third kappa shape index (κ3) is 3.66. The van der Waals surface area contributed by atoms with Crippen molar-refractivity contribution in [1.29, 1.82) is 0 Å². The van der Waals surface area contributed by atoms with E-state index in [0.29, 0.717) is 5.92 Å². The van der Waals surface area contributed by atoms with E-state index in [2.05, 4.69) is 6.92 Å². The third-order valence-corrected chi connectivity index (χ3v) is 3.32. The minimum Gasteiger partial charge on any atom is -0.481 e. The van der Waals surface area contributed by atoms with Crippen molar-refractivity contribution in [2.24, 2.45) is 17.6 Å². The second kappa shape index (κ2) is 5.35. The first-order valence-electron chi connectivity index (χ1n) is 5.57. The van der Waals surface area contributed by atoms with E-state index < -0.39 is 5.97 Å². The van der Waals surface area contributed by atoms with Crippen molar-refractivity contribution in [3.05, 3.63) is 0 Å². The number of nitrogens with two attached hydrogens (primary N) is 1. The molecule has 1 aliphatic rings. The standard InChI is InChI=1S/C11H21NO2/c1-8(10(12)7-11(13)14)6-9-4-2-3-5-9/h8-10H,2-7,12H2,1H3,(H,13,14)/t8-,10-/m1/s1. The van der Waals surface area contributed by atoms with Crippen molar-refractivity contribution in [3.63, 3.8) is 0 Å². The summed E-state index contributed by atoms with van der Waals surface area (Å²) in [6, 6.07) is -0.173. The Morgan fingerprint density at radius 2 is 2.07 bits per heavy atom. The van der Waals surface area contributed by atoms with Crippen LogP contribution in [0.4, 0.5) is 0 Å². The second-order valence-electron chi connectivity index (χ2n) is 4.63. The van der Waals surface area contributed by atoms with Crippen molar-refractivity contribution in [3.8, 4) is 0 Å². The number of carbonyl (C=O) groups is 1. The number of rotatable bonds is 5. The van der Waals surface area contributed by atoms with Crippen molar-refractivity contribution in [1.82, 2.24) is 0 Å². The third-order valence-electron chi connectivity index (χ3n) is 3.32. The van der Waals surface area contributed by atoms with Gasteiger partial charge in [0, 0.05) is 6.04 Å². The highest BCUT2D eigenvalue weighted by atomic mass is 16.4. The maximum atomic E-state index is 10.5. The lowest BCUT2D eigenvalue weighted by Gasteiger charge is -2.21. The average molecular weight is 199 g/mol. The molecule has 0 aromatic carbocycles. The molecule has 0 aliphatic heterocycles. The summed E-state index contributed by atoms with van der Waals surface area (Å²) in [5, 5.41) is 8.61. The van der Waals surface area contributed by atoms with Crippen LogP contribution in [0.1, 0.15) is 45.4 Å². The van der Waals surface area contributed by atoms with Gasteiger partial charge in [-0.1, -0.05) is 32.6 Å². The van der Waals surface area contributed by atoms with Crippen LogP contribution in [0.3, 0.4) is 0 Å². The van der Waals surface area contributed by atoms with E-state index in [9.17, 15) is 4.79 Å². The number of carboxylic acid groups (broad SMARTS) is 1. The molecule has 2 atom stereocenters. The fourth-order valence-electron chi connectivity index (χ4n) is 2.35. The molecule has 14 heavy (non-hydrogen) atoms. The molecule has 0 heterocycles. The van der Waals surface area contributed by atoms with E-state index in [1.54, 1.807) is 0 Å². The van der Waals surface area contributed by atoms with Gasteiger partial charge in [0.25, 0.3) is 0 Å². The van der Waals surface area contributed by atoms with Crippen LogP contribution in [0.15, 0.2) is 0 Å². The number of hydrogen-bond donors (Lipinski definition) is 2. The molecule has 82 valence electrons. The minimum atomic E-state index is -0.782. The van der Waals surface area contributed by atoms with E-state index >= 15 is 0 Å². The van der Waals surface area contributed by atoms with E-state index in [1.165, 1.54) is 25.7 Å². The van der Waals surface area contributed by atoms with Gasteiger partial charge in [0.15, 0.2) is 0 Å². The van der Waals surface area contributed by atoms with Gasteiger partial charge >= 0.3 is 5.97 Å². The summed E-state index contributed by atoms with van der Waals surface area (Å²) in [6.07, 6.45) is 6.51. The summed E-state index contributed by atoms with van der Waals surface area (Å²) < 4.78 is 0. The van der Waals surface area contributed by atoms with Crippen LogP contribution in [0.25, 0.3) is 0 Å². The zero-order valence-electron chi connectivity index (χ0n) is 8.91. The van der Waals surface area contributed by atoms with E-state index in [-0.39, 0.29) is 12.5 Å². The molecule has 1 saturated carbocycles. The highest BCUT2D eigenvalue weighted by molar-refractivity contribution is 5.67. The summed E-state index contributed by atoms with van der Waals surface area (Å²) in [5.41, 5.74) is 5.82. The van der Waals surface area contributed by atoms with Crippen molar-refractivity contribution in [2.45, 2.75) is 51.5 Å². The van der Waals surface area contributed by atoms with Gasteiger partial charge in [-0.15, -0.1) is 0 Å². The molecular formula is C11H21NO2. The average Bonchev–Trinajstić information content (AvgIpc) is 2.55. The normalized spacial score (nSPS) is 22.1. The minimum absolute atomic E-state index is 0.105. The topological polar surface area (TPSA) is 63.3 Å². The second-order valence-corrected chi connectivity index (χ2v) is 4.63. The molecule has 0 radical (unpaired) electrons. The number of hydrogen-bond acceptors (Lipinski definition) is 2. The van der Waals surface area contributed by atoms with Gasteiger partial charge < -0.3 is 10.8 Å². The van der Waals surface area contributed by atoms with Crippen LogP contribution < -0.4 is 5.73 Å². The Balaban J connectivity index is 2.25. The molecule has 0 unspecified atom stereocenters. The van der Waals surface area contributed by atoms with Crippen molar-refractivity contribution in [2.75, 3.05) is 0 Å². The quantitative estimate of drug-likeness (QED) is 0.712. The van der Waals surface area contributed by atoms with Crippen LogP contribution in [0.5, 0.6) is 0 Å². The van der Waals surface area contributed by atoms with Crippen LogP contribution in [0, 0.1) is 11.8 Å². The molecule has 1 rings (SSSR count). The van der Waals surface area contributed by atoms with Gasteiger partial charge in [0.1, 0.15) is 0 Å². The molecule has 0 amide bonds. The van der Waals surface area contributed by atoms with Crippen LogP contribution in [-0.2, 0) is 4.79 Å². The summed E-state index contributed by atoms with van der Waals surface area (Å²) >= 11 is 0. The van der Waals surface area contributed by atoms with Crippen molar-refractivity contribution < 1.29 is 9.90 Å². The van der Waals surface area contributed by atoms with E-state index in [0.717, 1.165) is 12.3 Å². The predicted octanol–water partition coefficient (Wildman–Crippen LogP) is 2.00. The molecule has 0 bridgehead atoms. The summed E-state index contributed by atoms with van der Waals surface area (Å²) in [6.45, 7) is 2.08. The highest BCUT2D eigenvalue weighted by Gasteiger charge is 2.22. The Kier molecular flexibility index (Phi) is 4.39. The van der Waals surface area contributed by atoms with Gasteiger partial charge in [-0.2, -0.15) is 0 Å². The maximum absolute atomic E-state index is 10.5. The SMILES string of the molecule is C[C@H](CC1CCCC1)[C@H](N)CC(=O)O. The summed E-state index contributed by atoms with van der Waals surface area (Å²) in [7, 11) is 0. The first-order valence-corrected chi connectivity index (χ1v) is 5.57. The van der Waals surface area contributed by atoms with E-state index in [4.69, 9.17) is 10.8 Å². The Bertz CT molecular complexity index is 188. The summed E-state index contributed by atoms with van der Waals surface area (Å²) in [4.78, 5) is 10.5. The van der Waals surface area contributed by atoms with Crippen LogP contribution in [0.2, 0.25) is 0 Å². The van der Waals surface area contributed by atoms with Gasteiger partial charge in [0.2, 0.25) is 0 Å². The first-order chi connectivity index (χ1) is 6.59.